The van der Waals surface area contributed by atoms with E-state index in [4.69, 9.17) is 5.73 Å². The molecule has 0 unspecified atom stereocenters. The molecule has 0 aliphatic carbocycles. The highest BCUT2D eigenvalue weighted by Crippen LogP contribution is 2.33. The topological polar surface area (TPSA) is 38.4 Å². The summed E-state index contributed by atoms with van der Waals surface area (Å²) >= 11 is 0. The zero-order valence-corrected chi connectivity index (χ0v) is 7.77. The summed E-state index contributed by atoms with van der Waals surface area (Å²) in [5.74, 6) is -1.22. The summed E-state index contributed by atoms with van der Waals surface area (Å²) in [6.45, 7) is 1.43. The van der Waals surface area contributed by atoms with Crippen LogP contribution in [0.1, 0.15) is 12.5 Å². The predicted molar refractivity (Wildman–Crippen MR) is 48.4 cm³/mol. The van der Waals surface area contributed by atoms with Crippen molar-refractivity contribution in [3.05, 3.63) is 29.6 Å². The number of nitrogens with two attached hydrogens (primary N) is 1. The number of benzene rings is 1. The van der Waals surface area contributed by atoms with Crippen molar-refractivity contribution in [2.75, 3.05) is 0 Å². The van der Waals surface area contributed by atoms with Gasteiger partial charge in [0, 0.05) is 0 Å². The Labute approximate surface area is 83.4 Å². The lowest BCUT2D eigenvalue weighted by Gasteiger charge is -2.08. The van der Waals surface area contributed by atoms with Gasteiger partial charge in [0.25, 0.3) is 0 Å². The second kappa shape index (κ2) is 3.88. The van der Waals surface area contributed by atoms with Crippen LogP contribution in [0.3, 0.4) is 0 Å². The fraction of sp³-hybridized carbons (Fsp3) is 0.222. The second-order valence-corrected chi connectivity index (χ2v) is 2.92. The molecule has 0 saturated heterocycles. The number of amidine groups is 1. The smallest absolute Gasteiger partial charge is 0.387 e. The zero-order chi connectivity index (χ0) is 11.6. The van der Waals surface area contributed by atoms with Gasteiger partial charge in [-0.15, -0.1) is 0 Å². The molecule has 6 heteroatoms. The molecule has 1 rings (SSSR count). The Bertz CT molecular complexity index is 392. The molecule has 1 aromatic rings. The van der Waals surface area contributed by atoms with Gasteiger partial charge in [0.15, 0.2) is 0 Å². The molecule has 0 atom stereocenters. The monoisotopic (exact) mass is 220 g/mol. The SMILES string of the molecule is CC(N)=Nc1ccc(F)c(C(F)(F)F)c1. The maximum absolute atomic E-state index is 12.8. The standard InChI is InChI=1S/C9H8F4N2/c1-5(14)15-6-2-3-8(10)7(4-6)9(11,12)13/h2-4H,1H3,(H2,14,15). The Morgan fingerprint density at radius 2 is 1.93 bits per heavy atom. The van der Waals surface area contributed by atoms with E-state index in [0.717, 1.165) is 6.07 Å². The number of nitrogens with zero attached hydrogens (tertiary/aromatic N) is 1. The highest BCUT2D eigenvalue weighted by Gasteiger charge is 2.34. The normalized spacial score (nSPS) is 13.0. The summed E-state index contributed by atoms with van der Waals surface area (Å²) < 4.78 is 49.5. The van der Waals surface area contributed by atoms with Crippen molar-refractivity contribution < 1.29 is 17.6 Å². The van der Waals surface area contributed by atoms with Crippen LogP contribution in [0.25, 0.3) is 0 Å². The third kappa shape index (κ3) is 2.93. The number of halogens is 4. The summed E-state index contributed by atoms with van der Waals surface area (Å²) in [5.41, 5.74) is 3.83. The summed E-state index contributed by atoms with van der Waals surface area (Å²) in [4.78, 5) is 3.60. The van der Waals surface area contributed by atoms with Crippen LogP contribution in [-0.4, -0.2) is 5.84 Å². The van der Waals surface area contributed by atoms with E-state index >= 15 is 0 Å². The number of hydrogen-bond acceptors (Lipinski definition) is 1. The maximum atomic E-state index is 12.8. The largest absolute Gasteiger partial charge is 0.419 e. The molecular weight excluding hydrogens is 212 g/mol. The van der Waals surface area contributed by atoms with Crippen molar-refractivity contribution in [1.29, 1.82) is 0 Å². The summed E-state index contributed by atoms with van der Waals surface area (Å²) in [6, 6.07) is 2.46. The van der Waals surface area contributed by atoms with Gasteiger partial charge in [-0.3, -0.25) is 0 Å². The molecule has 15 heavy (non-hydrogen) atoms. The Morgan fingerprint density at radius 3 is 2.40 bits per heavy atom. The predicted octanol–water partition coefficient (Wildman–Crippen LogP) is 2.85. The molecule has 1 aromatic carbocycles. The van der Waals surface area contributed by atoms with E-state index < -0.39 is 17.6 Å². The number of aliphatic imine (C=N–C) groups is 1. The lowest BCUT2D eigenvalue weighted by atomic mass is 10.2. The fourth-order valence-corrected chi connectivity index (χ4v) is 1.00. The Balaban J connectivity index is 3.23. The van der Waals surface area contributed by atoms with Crippen LogP contribution in [0, 0.1) is 5.82 Å². The van der Waals surface area contributed by atoms with Crippen LogP contribution in [0.5, 0.6) is 0 Å². The molecule has 0 heterocycles. The van der Waals surface area contributed by atoms with Crippen molar-refractivity contribution in [1.82, 2.24) is 0 Å². The van der Waals surface area contributed by atoms with Crippen LogP contribution in [-0.2, 0) is 6.18 Å². The van der Waals surface area contributed by atoms with E-state index in [-0.39, 0.29) is 11.5 Å². The van der Waals surface area contributed by atoms with E-state index in [1.165, 1.54) is 6.92 Å². The van der Waals surface area contributed by atoms with E-state index in [2.05, 4.69) is 4.99 Å². The van der Waals surface area contributed by atoms with Gasteiger partial charge >= 0.3 is 6.18 Å². The summed E-state index contributed by atoms with van der Waals surface area (Å²) in [7, 11) is 0. The quantitative estimate of drug-likeness (QED) is 0.441. The first kappa shape index (κ1) is 11.5. The first-order valence-electron chi connectivity index (χ1n) is 3.98. The van der Waals surface area contributed by atoms with Crippen molar-refractivity contribution in [3.8, 4) is 0 Å². The Kier molecular flexibility index (Phi) is 2.97. The lowest BCUT2D eigenvalue weighted by Crippen LogP contribution is -2.08. The molecular formula is C9H8F4N2. The van der Waals surface area contributed by atoms with Crippen molar-refractivity contribution in [3.63, 3.8) is 0 Å². The van der Waals surface area contributed by atoms with Crippen LogP contribution in [0.15, 0.2) is 23.2 Å². The van der Waals surface area contributed by atoms with Gasteiger partial charge in [0.1, 0.15) is 5.82 Å². The number of hydrogen-bond donors (Lipinski definition) is 1. The van der Waals surface area contributed by atoms with E-state index in [1.54, 1.807) is 0 Å². The minimum atomic E-state index is -4.72. The Morgan fingerprint density at radius 1 is 1.33 bits per heavy atom. The second-order valence-electron chi connectivity index (χ2n) is 2.92. The molecule has 0 aromatic heterocycles. The van der Waals surface area contributed by atoms with Crippen LogP contribution in [0.2, 0.25) is 0 Å². The van der Waals surface area contributed by atoms with E-state index in [9.17, 15) is 17.6 Å². The van der Waals surface area contributed by atoms with Gasteiger partial charge in [0.2, 0.25) is 0 Å². The molecule has 0 fully saturated rings. The first-order chi connectivity index (χ1) is 6.80. The molecule has 0 aliphatic rings. The third-order valence-electron chi connectivity index (χ3n) is 1.56. The van der Waals surface area contributed by atoms with E-state index in [1.807, 2.05) is 0 Å². The maximum Gasteiger partial charge on any atom is 0.419 e. The highest BCUT2D eigenvalue weighted by molar-refractivity contribution is 5.80. The molecule has 0 saturated carbocycles. The molecule has 0 amide bonds. The van der Waals surface area contributed by atoms with Gasteiger partial charge in [-0.2, -0.15) is 13.2 Å². The minimum Gasteiger partial charge on any atom is -0.387 e. The lowest BCUT2D eigenvalue weighted by molar-refractivity contribution is -0.139. The zero-order valence-electron chi connectivity index (χ0n) is 7.77. The van der Waals surface area contributed by atoms with Crippen molar-refractivity contribution in [2.45, 2.75) is 13.1 Å². The Hall–Kier alpha value is -1.59. The average molecular weight is 220 g/mol. The van der Waals surface area contributed by atoms with Gasteiger partial charge in [0.05, 0.1) is 17.1 Å². The molecule has 0 radical (unpaired) electrons. The minimum absolute atomic E-state index is 0.0243. The van der Waals surface area contributed by atoms with Crippen LogP contribution in [0.4, 0.5) is 23.2 Å². The van der Waals surface area contributed by atoms with Crippen LogP contribution >= 0.6 is 0 Å². The molecule has 0 aliphatic heterocycles. The van der Waals surface area contributed by atoms with Gasteiger partial charge in [-0.1, -0.05) is 0 Å². The first-order valence-corrected chi connectivity index (χ1v) is 3.98. The highest BCUT2D eigenvalue weighted by atomic mass is 19.4. The third-order valence-corrected chi connectivity index (χ3v) is 1.56. The van der Waals surface area contributed by atoms with Gasteiger partial charge in [-0.05, 0) is 25.1 Å². The molecule has 82 valence electrons. The van der Waals surface area contributed by atoms with E-state index in [0.29, 0.717) is 12.1 Å². The average Bonchev–Trinajstić information content (AvgIpc) is 2.05. The van der Waals surface area contributed by atoms with Gasteiger partial charge < -0.3 is 5.73 Å². The summed E-state index contributed by atoms with van der Waals surface area (Å²) in [6.07, 6.45) is -4.72. The fourth-order valence-electron chi connectivity index (χ4n) is 1.00. The molecule has 2 nitrogen and oxygen atoms in total. The summed E-state index contributed by atoms with van der Waals surface area (Å²) in [5, 5.41) is 0. The molecule has 0 spiro atoms. The molecule has 0 bridgehead atoms. The number of alkyl halides is 3. The number of rotatable bonds is 1. The van der Waals surface area contributed by atoms with Crippen LogP contribution < -0.4 is 5.73 Å². The molecule has 2 N–H and O–H groups in total. The van der Waals surface area contributed by atoms with Crippen molar-refractivity contribution in [2.24, 2.45) is 10.7 Å². The van der Waals surface area contributed by atoms with Crippen molar-refractivity contribution >= 4 is 11.5 Å². The van der Waals surface area contributed by atoms with Gasteiger partial charge in [-0.25, -0.2) is 9.38 Å².